The lowest BCUT2D eigenvalue weighted by Crippen LogP contribution is -2.45. The minimum absolute atomic E-state index is 0.0514. The number of carbonyl (C=O) groups is 1. The molecule has 0 radical (unpaired) electrons. The third-order valence-electron chi connectivity index (χ3n) is 6.70. The molecule has 1 amide bonds. The summed E-state index contributed by atoms with van der Waals surface area (Å²) in [5.41, 5.74) is 4.68. The fourth-order valence-electron chi connectivity index (χ4n) is 4.92. The molecule has 2 aromatic rings. The van der Waals surface area contributed by atoms with Crippen LogP contribution in [-0.2, 0) is 16.1 Å². The molecule has 9 heteroatoms. The molecule has 0 unspecified atom stereocenters. The summed E-state index contributed by atoms with van der Waals surface area (Å²) in [7, 11) is 0. The second-order valence-corrected chi connectivity index (χ2v) is 9.01. The number of piperidine rings is 1. The lowest BCUT2D eigenvalue weighted by molar-refractivity contribution is -0.149. The van der Waals surface area contributed by atoms with Crippen molar-refractivity contribution in [2.24, 2.45) is 5.92 Å². The van der Waals surface area contributed by atoms with Crippen LogP contribution < -0.4 is 10.2 Å². The standard InChI is InChI=1S/C25H27F3N4O2/c26-25(27,28)16-31-10-5-18(6-11-31)24(33)32-15-20-2-1-9-29-23(20)30-21-4-3-19(14-22(21)32)17-7-12-34-13-8-17/h1-4,7,9,14,18H,5-6,8,10-13,15-16H2,(H,29,30). The molecule has 180 valence electrons. The van der Waals surface area contributed by atoms with Crippen LogP contribution in [0.5, 0.6) is 0 Å². The molecule has 1 N–H and O–H groups in total. The quantitative estimate of drug-likeness (QED) is 0.699. The van der Waals surface area contributed by atoms with Crippen LogP contribution in [-0.4, -0.2) is 54.8 Å². The first-order chi connectivity index (χ1) is 16.4. The Balaban J connectivity index is 1.44. The van der Waals surface area contributed by atoms with Gasteiger partial charge in [0.1, 0.15) is 5.82 Å². The van der Waals surface area contributed by atoms with Crippen molar-refractivity contribution >= 4 is 28.7 Å². The molecule has 3 aliphatic heterocycles. The van der Waals surface area contributed by atoms with Crippen LogP contribution in [0.15, 0.2) is 42.6 Å². The van der Waals surface area contributed by atoms with Crippen molar-refractivity contribution in [1.29, 1.82) is 0 Å². The summed E-state index contributed by atoms with van der Waals surface area (Å²) in [5.74, 6) is 0.336. The Kier molecular flexibility index (Phi) is 6.31. The van der Waals surface area contributed by atoms with Gasteiger partial charge in [0.05, 0.1) is 37.7 Å². The van der Waals surface area contributed by atoms with E-state index in [-0.39, 0.29) is 24.9 Å². The molecular formula is C25H27F3N4O2. The molecule has 1 fully saturated rings. The molecular weight excluding hydrogens is 445 g/mol. The van der Waals surface area contributed by atoms with E-state index in [0.29, 0.717) is 38.4 Å². The van der Waals surface area contributed by atoms with E-state index in [0.717, 1.165) is 28.9 Å². The largest absolute Gasteiger partial charge is 0.401 e. The number of nitrogens with zero attached hydrogens (tertiary/aromatic N) is 3. The smallest absolute Gasteiger partial charge is 0.377 e. The van der Waals surface area contributed by atoms with Crippen molar-refractivity contribution in [2.75, 3.05) is 43.1 Å². The number of carbonyl (C=O) groups excluding carboxylic acids is 1. The summed E-state index contributed by atoms with van der Waals surface area (Å²) >= 11 is 0. The first-order valence-electron chi connectivity index (χ1n) is 11.6. The van der Waals surface area contributed by atoms with E-state index in [4.69, 9.17) is 4.74 Å². The number of anilines is 3. The molecule has 1 aromatic carbocycles. The average molecular weight is 473 g/mol. The summed E-state index contributed by atoms with van der Waals surface area (Å²) < 4.78 is 43.8. The predicted molar refractivity (Wildman–Crippen MR) is 124 cm³/mol. The highest BCUT2D eigenvalue weighted by atomic mass is 19.4. The number of rotatable bonds is 3. The molecule has 34 heavy (non-hydrogen) atoms. The van der Waals surface area contributed by atoms with Gasteiger partial charge in [-0.05, 0) is 61.7 Å². The average Bonchev–Trinajstić information content (AvgIpc) is 3.00. The van der Waals surface area contributed by atoms with Crippen molar-refractivity contribution in [3.8, 4) is 0 Å². The lowest BCUT2D eigenvalue weighted by Gasteiger charge is -2.34. The van der Waals surface area contributed by atoms with Gasteiger partial charge in [-0.2, -0.15) is 13.2 Å². The number of ether oxygens (including phenoxy) is 1. The van der Waals surface area contributed by atoms with Gasteiger partial charge in [0, 0.05) is 17.7 Å². The number of likely N-dealkylation sites (tertiary alicyclic amines) is 1. The Morgan fingerprint density at radius 3 is 2.76 bits per heavy atom. The number of hydrogen-bond acceptors (Lipinski definition) is 5. The maximum Gasteiger partial charge on any atom is 0.401 e. The van der Waals surface area contributed by atoms with E-state index in [9.17, 15) is 18.0 Å². The van der Waals surface area contributed by atoms with Crippen LogP contribution in [0.3, 0.4) is 0 Å². The minimum atomic E-state index is -4.22. The molecule has 4 heterocycles. The van der Waals surface area contributed by atoms with Crippen LogP contribution in [0.25, 0.3) is 5.57 Å². The van der Waals surface area contributed by atoms with Crippen LogP contribution in [0.2, 0.25) is 0 Å². The van der Waals surface area contributed by atoms with E-state index in [1.807, 2.05) is 30.3 Å². The first kappa shape index (κ1) is 22.9. The molecule has 0 aliphatic carbocycles. The molecule has 0 saturated carbocycles. The SMILES string of the molecule is O=C(C1CCN(CC(F)(F)F)CC1)N1Cc2cccnc2Nc2ccc(C3=CCOCC3)cc21. The molecule has 0 spiro atoms. The minimum Gasteiger partial charge on any atom is -0.377 e. The fourth-order valence-corrected chi connectivity index (χ4v) is 4.92. The van der Waals surface area contributed by atoms with Crippen molar-refractivity contribution in [3.05, 3.63) is 53.7 Å². The highest BCUT2D eigenvalue weighted by Gasteiger charge is 2.36. The van der Waals surface area contributed by atoms with E-state index in [1.165, 1.54) is 10.5 Å². The second kappa shape index (κ2) is 9.38. The summed E-state index contributed by atoms with van der Waals surface area (Å²) in [6, 6.07) is 9.82. The van der Waals surface area contributed by atoms with Crippen LogP contribution in [0.4, 0.5) is 30.4 Å². The highest BCUT2D eigenvalue weighted by molar-refractivity contribution is 6.00. The normalized spacial score (nSPS) is 19.5. The van der Waals surface area contributed by atoms with E-state index in [1.54, 1.807) is 11.1 Å². The topological polar surface area (TPSA) is 57.7 Å². The number of hydrogen-bond donors (Lipinski definition) is 1. The summed E-state index contributed by atoms with van der Waals surface area (Å²) in [6.45, 7) is 1.19. The van der Waals surface area contributed by atoms with Gasteiger partial charge in [0.2, 0.25) is 5.91 Å². The maximum atomic E-state index is 13.8. The van der Waals surface area contributed by atoms with Gasteiger partial charge >= 0.3 is 6.18 Å². The van der Waals surface area contributed by atoms with Gasteiger partial charge in [-0.15, -0.1) is 0 Å². The number of fused-ring (bicyclic) bond motifs is 2. The molecule has 3 aliphatic rings. The van der Waals surface area contributed by atoms with Crippen molar-refractivity contribution in [2.45, 2.75) is 32.0 Å². The molecule has 0 atom stereocenters. The van der Waals surface area contributed by atoms with Crippen molar-refractivity contribution < 1.29 is 22.7 Å². The Hall–Kier alpha value is -2.91. The number of amides is 1. The van der Waals surface area contributed by atoms with Gasteiger partial charge in [0.25, 0.3) is 0 Å². The molecule has 0 bridgehead atoms. The molecule has 5 rings (SSSR count). The van der Waals surface area contributed by atoms with Gasteiger partial charge < -0.3 is 15.0 Å². The Bertz CT molecular complexity index is 1090. The number of nitrogens with one attached hydrogen (secondary N) is 1. The number of alkyl halides is 3. The third-order valence-corrected chi connectivity index (χ3v) is 6.70. The molecule has 6 nitrogen and oxygen atoms in total. The molecule has 1 aromatic heterocycles. The number of halogens is 3. The highest BCUT2D eigenvalue weighted by Crippen LogP contribution is 2.39. The van der Waals surface area contributed by atoms with Gasteiger partial charge in [-0.3, -0.25) is 9.69 Å². The van der Waals surface area contributed by atoms with Crippen molar-refractivity contribution in [1.82, 2.24) is 9.88 Å². The number of pyridine rings is 1. The lowest BCUT2D eigenvalue weighted by atomic mass is 9.94. The Labute approximate surface area is 196 Å². The van der Waals surface area contributed by atoms with Gasteiger partial charge in [-0.25, -0.2) is 4.98 Å². The van der Waals surface area contributed by atoms with E-state index in [2.05, 4.69) is 16.4 Å². The second-order valence-electron chi connectivity index (χ2n) is 9.01. The van der Waals surface area contributed by atoms with Gasteiger partial charge in [0.15, 0.2) is 0 Å². The monoisotopic (exact) mass is 472 g/mol. The fraction of sp³-hybridized carbons (Fsp3) is 0.440. The summed E-state index contributed by atoms with van der Waals surface area (Å²) in [4.78, 5) is 21.4. The van der Waals surface area contributed by atoms with Crippen LogP contribution >= 0.6 is 0 Å². The van der Waals surface area contributed by atoms with Gasteiger partial charge in [-0.1, -0.05) is 18.2 Å². The Morgan fingerprint density at radius 1 is 1.21 bits per heavy atom. The van der Waals surface area contributed by atoms with Crippen LogP contribution in [0, 0.1) is 5.92 Å². The molecule has 1 saturated heterocycles. The zero-order valence-electron chi connectivity index (χ0n) is 18.8. The summed E-state index contributed by atoms with van der Waals surface area (Å²) in [6.07, 6.45) is 1.18. The maximum absolute atomic E-state index is 13.8. The third kappa shape index (κ3) is 4.95. The number of benzene rings is 1. The first-order valence-corrected chi connectivity index (χ1v) is 11.6. The predicted octanol–water partition coefficient (Wildman–Crippen LogP) is 4.75. The van der Waals surface area contributed by atoms with Crippen LogP contribution in [0.1, 0.15) is 30.4 Å². The number of aromatic nitrogens is 1. The zero-order chi connectivity index (χ0) is 23.7. The van der Waals surface area contributed by atoms with Crippen molar-refractivity contribution in [3.63, 3.8) is 0 Å². The summed E-state index contributed by atoms with van der Waals surface area (Å²) in [5, 5.41) is 3.37. The Morgan fingerprint density at radius 2 is 2.03 bits per heavy atom. The zero-order valence-corrected chi connectivity index (χ0v) is 18.8. The van der Waals surface area contributed by atoms with E-state index < -0.39 is 12.7 Å². The van der Waals surface area contributed by atoms with E-state index >= 15 is 0 Å².